The second kappa shape index (κ2) is 6.52. The summed E-state index contributed by atoms with van der Waals surface area (Å²) in [6, 6.07) is 29.9. The molecule has 0 atom stereocenters. The zero-order valence-electron chi connectivity index (χ0n) is 17.5. The fourth-order valence-corrected chi connectivity index (χ4v) is 5.96. The van der Waals surface area contributed by atoms with Crippen molar-refractivity contribution in [3.05, 3.63) is 112 Å². The van der Waals surface area contributed by atoms with Crippen molar-refractivity contribution in [3.63, 3.8) is 0 Å². The van der Waals surface area contributed by atoms with E-state index in [2.05, 4.69) is 73.7 Å². The maximum atomic E-state index is 3.83. The van der Waals surface area contributed by atoms with E-state index >= 15 is 0 Å². The molecule has 4 aromatic carbocycles. The number of hydrogen-bond acceptors (Lipinski definition) is 0. The first kappa shape index (κ1) is 18.3. The van der Waals surface area contributed by atoms with Crippen LogP contribution in [0.2, 0.25) is 0 Å². The van der Waals surface area contributed by atoms with Crippen LogP contribution in [0.15, 0.2) is 60.7 Å². The zero-order chi connectivity index (χ0) is 19.1. The van der Waals surface area contributed by atoms with Crippen molar-refractivity contribution in [3.8, 4) is 11.1 Å². The Labute approximate surface area is 190 Å². The van der Waals surface area contributed by atoms with Crippen molar-refractivity contribution in [2.45, 2.75) is 26.2 Å². The monoisotopic (exact) mass is 373 g/mol. The van der Waals surface area contributed by atoms with Gasteiger partial charge in [-0.3, -0.25) is 0 Å². The van der Waals surface area contributed by atoms with E-state index in [1.807, 2.05) is 6.07 Å². The first-order valence-electron chi connectivity index (χ1n) is 10.5. The molecule has 30 heavy (non-hydrogen) atoms. The van der Waals surface area contributed by atoms with Crippen LogP contribution in [-0.2, 0) is 19.3 Å². The fraction of sp³-hybridized carbons (Fsp3) is 0.143. The van der Waals surface area contributed by atoms with Crippen molar-refractivity contribution < 1.29 is 18.9 Å². The molecule has 3 aliphatic rings. The van der Waals surface area contributed by atoms with Gasteiger partial charge in [0.15, 0.2) is 6.71 Å². The minimum Gasteiger partial charge on any atom is -0.226 e. The molecule has 0 amide bonds. The number of benzene rings is 4. The van der Waals surface area contributed by atoms with Crippen molar-refractivity contribution in [1.82, 2.24) is 0 Å². The largest absolute Gasteiger partial charge is 1.00 e. The Morgan fingerprint density at radius 2 is 1.33 bits per heavy atom. The Balaban J connectivity index is 0.00000175. The second-order valence-electron chi connectivity index (χ2n) is 8.82. The molecule has 0 fully saturated rings. The van der Waals surface area contributed by atoms with E-state index in [1.54, 1.807) is 16.4 Å². The van der Waals surface area contributed by atoms with Crippen molar-refractivity contribution in [2.75, 3.05) is 0 Å². The zero-order valence-corrected chi connectivity index (χ0v) is 17.5. The quantitative estimate of drug-likeness (QED) is 0.290. The summed E-state index contributed by atoms with van der Waals surface area (Å²) >= 11 is 0. The van der Waals surface area contributed by atoms with E-state index in [-0.39, 0.29) is 18.9 Å². The smallest absolute Gasteiger partial charge is 0.226 e. The first-order valence-corrected chi connectivity index (χ1v) is 10.5. The molecule has 3 heterocycles. The first-order chi connectivity index (χ1) is 14.3. The summed E-state index contributed by atoms with van der Waals surface area (Å²) in [5.74, 6) is 0. The summed E-state index contributed by atoms with van der Waals surface area (Å²) in [7, 11) is 0. The van der Waals surface area contributed by atoms with E-state index in [0.29, 0.717) is 6.71 Å². The standard InChI is InChI=1S/C28H19B.Li/c1-17-5-2-6-18(11-17)23-15-24-13-21-9-3-7-19-12-20-8-4-10-22-14-25(16-23)28(24)29(26(19)21)27(20)22;/h2-5,7-11,15H,12-14H2,1H3;/q-2;+1. The summed E-state index contributed by atoms with van der Waals surface area (Å²) < 4.78 is 0. The van der Waals surface area contributed by atoms with Crippen LogP contribution in [0.4, 0.5) is 0 Å². The Morgan fingerprint density at radius 3 is 2.00 bits per heavy atom. The molecule has 0 saturated carbocycles. The predicted molar refractivity (Wildman–Crippen MR) is 120 cm³/mol. The van der Waals surface area contributed by atoms with E-state index in [9.17, 15) is 0 Å². The average Bonchev–Trinajstić information content (AvgIpc) is 2.73. The van der Waals surface area contributed by atoms with Gasteiger partial charge >= 0.3 is 18.9 Å². The maximum absolute atomic E-state index is 3.83. The summed E-state index contributed by atoms with van der Waals surface area (Å²) in [4.78, 5) is 0. The van der Waals surface area contributed by atoms with Gasteiger partial charge < -0.3 is 0 Å². The van der Waals surface area contributed by atoms with Crippen molar-refractivity contribution in [2.24, 2.45) is 0 Å². The van der Waals surface area contributed by atoms with E-state index in [4.69, 9.17) is 0 Å². The van der Waals surface area contributed by atoms with Gasteiger partial charge in [-0.05, 0) is 30.4 Å². The van der Waals surface area contributed by atoms with Crippen LogP contribution in [0.5, 0.6) is 0 Å². The van der Waals surface area contributed by atoms with Crippen LogP contribution in [-0.4, -0.2) is 6.71 Å². The Bertz CT molecular complexity index is 1270. The minimum absolute atomic E-state index is 0. The van der Waals surface area contributed by atoms with Gasteiger partial charge in [0.25, 0.3) is 0 Å². The van der Waals surface area contributed by atoms with Gasteiger partial charge in [-0.1, -0.05) is 65.4 Å². The molecular weight excluding hydrogens is 354 g/mol. The van der Waals surface area contributed by atoms with Gasteiger partial charge in [-0.2, -0.15) is 30.3 Å². The third-order valence-electron chi connectivity index (χ3n) is 7.09. The molecule has 136 valence electrons. The van der Waals surface area contributed by atoms with Gasteiger partial charge in [0, 0.05) is 0 Å². The van der Waals surface area contributed by atoms with Gasteiger partial charge in [-0.15, -0.1) is 28.2 Å². The predicted octanol–water partition coefficient (Wildman–Crippen LogP) is 0.495. The number of rotatable bonds is 1. The summed E-state index contributed by atoms with van der Waals surface area (Å²) in [5.41, 5.74) is 17.3. The molecule has 0 N–H and O–H groups in total. The molecule has 0 nitrogen and oxygen atoms in total. The number of hydrogen-bond donors (Lipinski definition) is 0. The third kappa shape index (κ3) is 2.43. The SMILES string of the molecule is Cc1cc[c-]c(-c2[c-]c3c4c(c2)Cc2cccc5c2B4c2c(cccc2C5)C3)c1.[Li+]. The molecule has 0 unspecified atom stereocenters. The maximum Gasteiger partial charge on any atom is 1.00 e. The summed E-state index contributed by atoms with van der Waals surface area (Å²) in [6.07, 6.45) is 3.11. The van der Waals surface area contributed by atoms with Gasteiger partial charge in [0.1, 0.15) is 0 Å². The molecule has 0 bridgehead atoms. The molecule has 2 heteroatoms. The van der Waals surface area contributed by atoms with E-state index in [0.717, 1.165) is 24.8 Å². The van der Waals surface area contributed by atoms with E-state index in [1.165, 1.54) is 44.5 Å². The summed E-state index contributed by atoms with van der Waals surface area (Å²) in [6.45, 7) is 2.55. The van der Waals surface area contributed by atoms with Crippen LogP contribution in [0.1, 0.15) is 38.9 Å². The molecule has 0 radical (unpaired) electrons. The molecule has 0 aromatic heterocycles. The van der Waals surface area contributed by atoms with Crippen LogP contribution in [0.25, 0.3) is 11.1 Å². The molecular formula is C28H19BLi-. The van der Waals surface area contributed by atoms with Crippen LogP contribution >= 0.6 is 0 Å². The van der Waals surface area contributed by atoms with Crippen molar-refractivity contribution in [1.29, 1.82) is 0 Å². The normalized spacial score (nSPS) is 14.1. The average molecular weight is 373 g/mol. The Morgan fingerprint density at radius 1 is 0.700 bits per heavy atom. The van der Waals surface area contributed by atoms with Gasteiger partial charge in [0.05, 0.1) is 0 Å². The third-order valence-corrected chi connectivity index (χ3v) is 7.09. The molecule has 3 aliphatic heterocycles. The summed E-state index contributed by atoms with van der Waals surface area (Å²) in [5, 5.41) is 0. The van der Waals surface area contributed by atoms with Crippen LogP contribution in [0.3, 0.4) is 0 Å². The van der Waals surface area contributed by atoms with E-state index < -0.39 is 0 Å². The van der Waals surface area contributed by atoms with Gasteiger partial charge in [0.2, 0.25) is 0 Å². The van der Waals surface area contributed by atoms with Crippen LogP contribution in [0, 0.1) is 19.1 Å². The Kier molecular flexibility index (Phi) is 3.98. The van der Waals surface area contributed by atoms with Crippen molar-refractivity contribution >= 4 is 23.1 Å². The molecule has 0 spiro atoms. The van der Waals surface area contributed by atoms with Gasteiger partial charge in [-0.25, -0.2) is 11.1 Å². The van der Waals surface area contributed by atoms with Crippen LogP contribution < -0.4 is 35.2 Å². The number of aryl methyl sites for hydroxylation is 1. The fourth-order valence-electron chi connectivity index (χ4n) is 5.96. The Hall–Kier alpha value is -2.46. The topological polar surface area (TPSA) is 0 Å². The molecule has 7 rings (SSSR count). The minimum atomic E-state index is 0. The second-order valence-corrected chi connectivity index (χ2v) is 8.82. The molecule has 0 aliphatic carbocycles. The molecule has 0 saturated heterocycles. The molecule has 4 aromatic rings.